The van der Waals surface area contributed by atoms with Crippen molar-refractivity contribution < 1.29 is 0 Å². The van der Waals surface area contributed by atoms with Gasteiger partial charge in [-0.05, 0) is 44.1 Å². The minimum atomic E-state index is 0.292. The van der Waals surface area contributed by atoms with Crippen LogP contribution >= 0.6 is 0 Å². The van der Waals surface area contributed by atoms with Gasteiger partial charge in [-0.3, -0.25) is 9.88 Å². The van der Waals surface area contributed by atoms with Crippen LogP contribution in [0.2, 0.25) is 0 Å². The molecule has 1 aromatic heterocycles. The first-order valence-corrected chi connectivity index (χ1v) is 6.51. The molecule has 1 atom stereocenters. The van der Waals surface area contributed by atoms with Crippen LogP contribution in [0.15, 0.2) is 18.5 Å². The Kier molecular flexibility index (Phi) is 6.16. The standard InChI is InChI=1S/C14H25N3/c1-4-5-6-9-17(3)14(10-15)13-11-16-8-7-12(13)2/h7-8,11,14H,4-6,9-10,15H2,1-3H3. The van der Waals surface area contributed by atoms with Gasteiger partial charge in [-0.15, -0.1) is 0 Å². The lowest BCUT2D eigenvalue weighted by atomic mass is 10.0. The van der Waals surface area contributed by atoms with E-state index in [1.165, 1.54) is 30.4 Å². The summed E-state index contributed by atoms with van der Waals surface area (Å²) in [5.41, 5.74) is 8.44. The fourth-order valence-electron chi connectivity index (χ4n) is 2.14. The highest BCUT2D eigenvalue weighted by atomic mass is 15.1. The first-order valence-electron chi connectivity index (χ1n) is 6.51. The number of hydrogen-bond donors (Lipinski definition) is 1. The smallest absolute Gasteiger partial charge is 0.0485 e. The number of likely N-dealkylation sites (N-methyl/N-ethyl adjacent to an activating group) is 1. The van der Waals surface area contributed by atoms with E-state index in [0.717, 1.165) is 6.54 Å². The van der Waals surface area contributed by atoms with Crippen molar-refractivity contribution in [1.82, 2.24) is 9.88 Å². The zero-order valence-corrected chi connectivity index (χ0v) is 11.3. The molecule has 1 aromatic rings. The predicted octanol–water partition coefficient (Wildman–Crippen LogP) is 2.51. The molecule has 3 heteroatoms. The average Bonchev–Trinajstić information content (AvgIpc) is 2.33. The Balaban J connectivity index is 2.67. The van der Waals surface area contributed by atoms with Gasteiger partial charge in [-0.1, -0.05) is 19.8 Å². The average molecular weight is 235 g/mol. The summed E-state index contributed by atoms with van der Waals surface area (Å²) in [4.78, 5) is 6.56. The monoisotopic (exact) mass is 235 g/mol. The summed E-state index contributed by atoms with van der Waals surface area (Å²) in [5.74, 6) is 0. The van der Waals surface area contributed by atoms with Crippen molar-refractivity contribution in [3.05, 3.63) is 29.6 Å². The molecular weight excluding hydrogens is 210 g/mol. The maximum atomic E-state index is 5.91. The highest BCUT2D eigenvalue weighted by Crippen LogP contribution is 2.21. The van der Waals surface area contributed by atoms with Gasteiger partial charge in [-0.2, -0.15) is 0 Å². The molecule has 0 bridgehead atoms. The molecule has 0 fully saturated rings. The summed E-state index contributed by atoms with van der Waals surface area (Å²) >= 11 is 0. The van der Waals surface area contributed by atoms with E-state index in [1.54, 1.807) is 0 Å². The van der Waals surface area contributed by atoms with Crippen LogP contribution in [-0.2, 0) is 0 Å². The number of hydrogen-bond acceptors (Lipinski definition) is 3. The summed E-state index contributed by atoms with van der Waals surface area (Å²) in [7, 11) is 2.15. The molecule has 0 saturated carbocycles. The van der Waals surface area contributed by atoms with Crippen molar-refractivity contribution in [3.8, 4) is 0 Å². The first-order chi connectivity index (χ1) is 8.20. The van der Waals surface area contributed by atoms with Crippen LogP contribution in [0, 0.1) is 6.92 Å². The number of aryl methyl sites for hydroxylation is 1. The Morgan fingerprint density at radius 3 is 2.76 bits per heavy atom. The largest absolute Gasteiger partial charge is 0.329 e. The molecule has 1 unspecified atom stereocenters. The normalized spacial score (nSPS) is 13.0. The van der Waals surface area contributed by atoms with Crippen molar-refractivity contribution in [2.24, 2.45) is 5.73 Å². The molecule has 0 saturated heterocycles. The van der Waals surface area contributed by atoms with Gasteiger partial charge in [-0.25, -0.2) is 0 Å². The van der Waals surface area contributed by atoms with Crippen molar-refractivity contribution in [2.75, 3.05) is 20.1 Å². The maximum absolute atomic E-state index is 5.91. The van der Waals surface area contributed by atoms with Crippen molar-refractivity contribution in [1.29, 1.82) is 0 Å². The lowest BCUT2D eigenvalue weighted by Crippen LogP contribution is -2.32. The summed E-state index contributed by atoms with van der Waals surface area (Å²) in [6.45, 7) is 6.10. The molecule has 1 rings (SSSR count). The minimum Gasteiger partial charge on any atom is -0.329 e. The SMILES string of the molecule is CCCCCN(C)C(CN)c1cnccc1C. The van der Waals surface area contributed by atoms with E-state index in [1.807, 2.05) is 12.4 Å². The summed E-state index contributed by atoms with van der Waals surface area (Å²) in [5, 5.41) is 0. The molecule has 0 spiro atoms. The fourth-order valence-corrected chi connectivity index (χ4v) is 2.14. The van der Waals surface area contributed by atoms with Gasteiger partial charge in [0, 0.05) is 25.0 Å². The van der Waals surface area contributed by atoms with E-state index in [9.17, 15) is 0 Å². The first kappa shape index (κ1) is 14.1. The van der Waals surface area contributed by atoms with Crippen LogP contribution in [0.5, 0.6) is 0 Å². The Labute approximate surface area is 105 Å². The van der Waals surface area contributed by atoms with E-state index in [0.29, 0.717) is 12.6 Å². The van der Waals surface area contributed by atoms with Crippen LogP contribution in [0.4, 0.5) is 0 Å². The van der Waals surface area contributed by atoms with E-state index in [-0.39, 0.29) is 0 Å². The topological polar surface area (TPSA) is 42.1 Å². The second-order valence-corrected chi connectivity index (χ2v) is 4.67. The highest BCUT2D eigenvalue weighted by molar-refractivity contribution is 5.25. The predicted molar refractivity (Wildman–Crippen MR) is 72.9 cm³/mol. The number of nitrogens with two attached hydrogens (primary N) is 1. The molecule has 0 aromatic carbocycles. The lowest BCUT2D eigenvalue weighted by molar-refractivity contribution is 0.244. The molecule has 0 aliphatic heterocycles. The van der Waals surface area contributed by atoms with Gasteiger partial charge in [0.2, 0.25) is 0 Å². The van der Waals surface area contributed by atoms with Crippen LogP contribution in [0.3, 0.4) is 0 Å². The molecule has 0 aliphatic rings. The van der Waals surface area contributed by atoms with Gasteiger partial charge >= 0.3 is 0 Å². The third-order valence-electron chi connectivity index (χ3n) is 3.31. The third kappa shape index (κ3) is 4.10. The fraction of sp³-hybridized carbons (Fsp3) is 0.643. The van der Waals surface area contributed by atoms with E-state index >= 15 is 0 Å². The van der Waals surface area contributed by atoms with Crippen molar-refractivity contribution >= 4 is 0 Å². The maximum Gasteiger partial charge on any atom is 0.0485 e. The molecular formula is C14H25N3. The Bertz CT molecular complexity index is 325. The zero-order chi connectivity index (χ0) is 12.7. The van der Waals surface area contributed by atoms with Gasteiger partial charge in [0.05, 0.1) is 0 Å². The Hall–Kier alpha value is -0.930. The van der Waals surface area contributed by atoms with Crippen molar-refractivity contribution in [2.45, 2.75) is 39.2 Å². The summed E-state index contributed by atoms with van der Waals surface area (Å²) in [6.07, 6.45) is 7.57. The second-order valence-electron chi connectivity index (χ2n) is 4.67. The van der Waals surface area contributed by atoms with E-state index in [4.69, 9.17) is 5.73 Å². The van der Waals surface area contributed by atoms with Gasteiger partial charge in [0.15, 0.2) is 0 Å². The Morgan fingerprint density at radius 2 is 2.18 bits per heavy atom. The Morgan fingerprint density at radius 1 is 1.41 bits per heavy atom. The van der Waals surface area contributed by atoms with Crippen LogP contribution < -0.4 is 5.73 Å². The van der Waals surface area contributed by atoms with Crippen molar-refractivity contribution in [3.63, 3.8) is 0 Å². The number of aromatic nitrogens is 1. The minimum absolute atomic E-state index is 0.292. The molecule has 17 heavy (non-hydrogen) atoms. The molecule has 1 heterocycles. The van der Waals surface area contributed by atoms with Gasteiger partial charge in [0.25, 0.3) is 0 Å². The molecule has 96 valence electrons. The number of unbranched alkanes of at least 4 members (excludes halogenated alkanes) is 2. The summed E-state index contributed by atoms with van der Waals surface area (Å²) in [6, 6.07) is 2.35. The quantitative estimate of drug-likeness (QED) is 0.738. The van der Waals surface area contributed by atoms with Gasteiger partial charge in [0.1, 0.15) is 0 Å². The molecule has 0 radical (unpaired) electrons. The van der Waals surface area contributed by atoms with Crippen LogP contribution in [-0.4, -0.2) is 30.0 Å². The second kappa shape index (κ2) is 7.41. The third-order valence-corrected chi connectivity index (χ3v) is 3.31. The summed E-state index contributed by atoms with van der Waals surface area (Å²) < 4.78 is 0. The van der Waals surface area contributed by atoms with E-state index in [2.05, 4.69) is 36.8 Å². The van der Waals surface area contributed by atoms with Crippen LogP contribution in [0.1, 0.15) is 43.4 Å². The highest BCUT2D eigenvalue weighted by Gasteiger charge is 2.16. The molecule has 0 amide bonds. The van der Waals surface area contributed by atoms with Crippen LogP contribution in [0.25, 0.3) is 0 Å². The molecule has 0 aliphatic carbocycles. The zero-order valence-electron chi connectivity index (χ0n) is 11.3. The molecule has 2 N–H and O–H groups in total. The lowest BCUT2D eigenvalue weighted by Gasteiger charge is -2.28. The number of nitrogens with zero attached hydrogens (tertiary/aromatic N) is 2. The number of pyridine rings is 1. The van der Waals surface area contributed by atoms with E-state index < -0.39 is 0 Å². The number of rotatable bonds is 7. The van der Waals surface area contributed by atoms with Gasteiger partial charge < -0.3 is 5.73 Å². The molecule has 3 nitrogen and oxygen atoms in total.